The Morgan fingerprint density at radius 3 is 2.60 bits per heavy atom. The molecular weight excluding hydrogens is 250 g/mol. The van der Waals surface area contributed by atoms with Crippen LogP contribution in [0.15, 0.2) is 42.5 Å². The molecule has 3 nitrogen and oxygen atoms in total. The Bertz CT molecular complexity index is 647. The van der Waals surface area contributed by atoms with Crippen molar-refractivity contribution >= 4 is 5.91 Å². The maximum Gasteiger partial charge on any atom is 0.254 e. The third-order valence-electron chi connectivity index (χ3n) is 3.69. The molecule has 1 amide bonds. The van der Waals surface area contributed by atoms with Gasteiger partial charge in [-0.2, -0.15) is 0 Å². The van der Waals surface area contributed by atoms with Crippen molar-refractivity contribution in [1.29, 1.82) is 0 Å². The Labute approximate surface area is 118 Å². The van der Waals surface area contributed by atoms with Gasteiger partial charge < -0.3 is 9.64 Å². The van der Waals surface area contributed by atoms with Gasteiger partial charge in [0, 0.05) is 18.7 Å². The first-order valence-corrected chi connectivity index (χ1v) is 6.69. The van der Waals surface area contributed by atoms with Gasteiger partial charge in [0.1, 0.15) is 5.75 Å². The molecule has 2 aromatic rings. The van der Waals surface area contributed by atoms with Crippen LogP contribution >= 0.6 is 0 Å². The van der Waals surface area contributed by atoms with Gasteiger partial charge in [0.15, 0.2) is 0 Å². The van der Waals surface area contributed by atoms with E-state index in [0.29, 0.717) is 13.1 Å². The van der Waals surface area contributed by atoms with Crippen LogP contribution in [-0.2, 0) is 13.1 Å². The van der Waals surface area contributed by atoms with Crippen molar-refractivity contribution in [2.45, 2.75) is 20.0 Å². The van der Waals surface area contributed by atoms with Crippen LogP contribution in [0.5, 0.6) is 5.75 Å². The second-order valence-corrected chi connectivity index (χ2v) is 5.17. The lowest BCUT2D eigenvalue weighted by Crippen LogP contribution is -2.23. The maximum absolute atomic E-state index is 12.4. The first-order chi connectivity index (χ1) is 9.67. The SMILES string of the molecule is COc1ccc2c(c1)CN(Cc1ccc(C)cc1)C2=O. The zero-order valence-electron chi connectivity index (χ0n) is 11.7. The van der Waals surface area contributed by atoms with Crippen LogP contribution < -0.4 is 4.74 Å². The van der Waals surface area contributed by atoms with Crippen LogP contribution in [0.4, 0.5) is 0 Å². The number of amides is 1. The molecule has 0 aliphatic carbocycles. The van der Waals surface area contributed by atoms with E-state index in [-0.39, 0.29) is 5.91 Å². The quantitative estimate of drug-likeness (QED) is 0.855. The number of carbonyl (C=O) groups is 1. The average Bonchev–Trinajstić information content (AvgIpc) is 2.77. The van der Waals surface area contributed by atoms with Gasteiger partial charge in [-0.1, -0.05) is 29.8 Å². The molecule has 1 aliphatic heterocycles. The molecule has 0 atom stereocenters. The number of hydrogen-bond acceptors (Lipinski definition) is 2. The molecule has 0 bridgehead atoms. The number of rotatable bonds is 3. The molecule has 3 heteroatoms. The van der Waals surface area contributed by atoms with E-state index in [1.807, 2.05) is 23.1 Å². The second kappa shape index (κ2) is 5.00. The van der Waals surface area contributed by atoms with Gasteiger partial charge >= 0.3 is 0 Å². The van der Waals surface area contributed by atoms with Gasteiger partial charge in [0.05, 0.1) is 7.11 Å². The molecule has 0 fully saturated rings. The fraction of sp³-hybridized carbons (Fsp3) is 0.235. The van der Waals surface area contributed by atoms with Crippen LogP contribution in [-0.4, -0.2) is 17.9 Å². The third-order valence-corrected chi connectivity index (χ3v) is 3.69. The topological polar surface area (TPSA) is 29.5 Å². The molecule has 0 aromatic heterocycles. The third kappa shape index (κ3) is 2.27. The smallest absolute Gasteiger partial charge is 0.254 e. The molecule has 1 aliphatic rings. The normalized spacial score (nSPS) is 13.5. The van der Waals surface area contributed by atoms with Gasteiger partial charge in [0.2, 0.25) is 0 Å². The molecular formula is C17H17NO2. The number of ether oxygens (including phenoxy) is 1. The van der Waals surface area contributed by atoms with E-state index in [4.69, 9.17) is 4.74 Å². The average molecular weight is 267 g/mol. The van der Waals surface area contributed by atoms with E-state index in [9.17, 15) is 4.79 Å². The van der Waals surface area contributed by atoms with Crippen molar-refractivity contribution in [2.24, 2.45) is 0 Å². The predicted molar refractivity (Wildman–Crippen MR) is 77.8 cm³/mol. The molecule has 102 valence electrons. The Morgan fingerprint density at radius 1 is 1.15 bits per heavy atom. The summed E-state index contributed by atoms with van der Waals surface area (Å²) in [5, 5.41) is 0. The zero-order chi connectivity index (χ0) is 14.1. The highest BCUT2D eigenvalue weighted by Crippen LogP contribution is 2.27. The van der Waals surface area contributed by atoms with E-state index in [0.717, 1.165) is 22.4 Å². The highest BCUT2D eigenvalue weighted by Gasteiger charge is 2.27. The van der Waals surface area contributed by atoms with Gasteiger partial charge in [0.25, 0.3) is 5.91 Å². The summed E-state index contributed by atoms with van der Waals surface area (Å²) in [5.41, 5.74) is 4.22. The molecule has 0 saturated heterocycles. The van der Waals surface area contributed by atoms with Crippen LogP contribution in [0.3, 0.4) is 0 Å². The second-order valence-electron chi connectivity index (χ2n) is 5.17. The van der Waals surface area contributed by atoms with Gasteiger partial charge in [-0.25, -0.2) is 0 Å². The lowest BCUT2D eigenvalue weighted by atomic mass is 10.1. The number of hydrogen-bond donors (Lipinski definition) is 0. The van der Waals surface area contributed by atoms with E-state index in [1.54, 1.807) is 7.11 Å². The molecule has 3 rings (SSSR count). The highest BCUT2D eigenvalue weighted by atomic mass is 16.5. The molecule has 0 radical (unpaired) electrons. The summed E-state index contributed by atoms with van der Waals surface area (Å²) < 4.78 is 5.21. The summed E-state index contributed by atoms with van der Waals surface area (Å²) in [4.78, 5) is 14.2. The first-order valence-electron chi connectivity index (χ1n) is 6.69. The van der Waals surface area contributed by atoms with Crippen molar-refractivity contribution in [3.8, 4) is 5.75 Å². The minimum atomic E-state index is 0.100. The van der Waals surface area contributed by atoms with Crippen molar-refractivity contribution in [2.75, 3.05) is 7.11 Å². The Hall–Kier alpha value is -2.29. The van der Waals surface area contributed by atoms with Crippen LogP contribution in [0, 0.1) is 6.92 Å². The standard InChI is InChI=1S/C17H17NO2/c1-12-3-5-13(6-4-12)10-18-11-14-9-15(20-2)7-8-16(14)17(18)19/h3-9H,10-11H2,1-2H3. The van der Waals surface area contributed by atoms with E-state index in [1.165, 1.54) is 5.56 Å². The number of fused-ring (bicyclic) bond motifs is 1. The molecule has 0 N–H and O–H groups in total. The maximum atomic E-state index is 12.4. The van der Waals surface area contributed by atoms with Crippen molar-refractivity contribution < 1.29 is 9.53 Å². The summed E-state index contributed by atoms with van der Waals surface area (Å²) in [5.74, 6) is 0.900. The molecule has 20 heavy (non-hydrogen) atoms. The summed E-state index contributed by atoms with van der Waals surface area (Å²) in [6.45, 7) is 3.36. The van der Waals surface area contributed by atoms with Crippen molar-refractivity contribution in [3.63, 3.8) is 0 Å². The number of methoxy groups -OCH3 is 1. The first kappa shape index (κ1) is 12.7. The minimum Gasteiger partial charge on any atom is -0.497 e. The van der Waals surface area contributed by atoms with E-state index < -0.39 is 0 Å². The lowest BCUT2D eigenvalue weighted by Gasteiger charge is -2.15. The molecule has 2 aromatic carbocycles. The number of nitrogens with zero attached hydrogens (tertiary/aromatic N) is 1. The van der Waals surface area contributed by atoms with E-state index >= 15 is 0 Å². The van der Waals surface area contributed by atoms with Gasteiger partial charge in [-0.05, 0) is 36.2 Å². The minimum absolute atomic E-state index is 0.100. The number of benzene rings is 2. The zero-order valence-corrected chi connectivity index (χ0v) is 11.7. The Balaban J connectivity index is 1.81. The largest absolute Gasteiger partial charge is 0.497 e. The van der Waals surface area contributed by atoms with Crippen LogP contribution in [0.1, 0.15) is 27.0 Å². The summed E-state index contributed by atoms with van der Waals surface area (Å²) >= 11 is 0. The summed E-state index contributed by atoms with van der Waals surface area (Å²) in [6, 6.07) is 13.9. The van der Waals surface area contributed by atoms with Crippen molar-refractivity contribution in [1.82, 2.24) is 4.90 Å². The monoisotopic (exact) mass is 267 g/mol. The fourth-order valence-electron chi connectivity index (χ4n) is 2.53. The van der Waals surface area contributed by atoms with Crippen LogP contribution in [0.2, 0.25) is 0 Å². The Morgan fingerprint density at radius 2 is 1.90 bits per heavy atom. The highest BCUT2D eigenvalue weighted by molar-refractivity contribution is 5.98. The van der Waals surface area contributed by atoms with Crippen molar-refractivity contribution in [3.05, 3.63) is 64.7 Å². The predicted octanol–water partition coefficient (Wildman–Crippen LogP) is 3.16. The molecule has 0 spiro atoms. The fourth-order valence-corrected chi connectivity index (χ4v) is 2.53. The number of aryl methyl sites for hydroxylation is 1. The summed E-state index contributed by atoms with van der Waals surface area (Å²) in [7, 11) is 1.64. The number of carbonyl (C=O) groups excluding carboxylic acids is 1. The Kier molecular flexibility index (Phi) is 3.18. The van der Waals surface area contributed by atoms with Gasteiger partial charge in [-0.3, -0.25) is 4.79 Å². The lowest BCUT2D eigenvalue weighted by molar-refractivity contribution is 0.0766. The van der Waals surface area contributed by atoms with Gasteiger partial charge in [-0.15, -0.1) is 0 Å². The van der Waals surface area contributed by atoms with Crippen LogP contribution in [0.25, 0.3) is 0 Å². The molecule has 0 saturated carbocycles. The molecule has 0 unspecified atom stereocenters. The molecule has 1 heterocycles. The summed E-state index contributed by atoms with van der Waals surface area (Å²) in [6.07, 6.45) is 0. The van der Waals surface area contributed by atoms with E-state index in [2.05, 4.69) is 31.2 Å².